The number of H-pyrrole nitrogens is 1. The second kappa shape index (κ2) is 12.5. The number of rotatable bonds is 10. The smallest absolute Gasteiger partial charge is 0.342 e. The topological polar surface area (TPSA) is 125 Å². The number of thioether (sulfide) groups is 1. The summed E-state index contributed by atoms with van der Waals surface area (Å²) in [5.41, 5.74) is 4.82. The number of nitrogens with one attached hydrogen (secondary N) is 2. The Morgan fingerprint density at radius 2 is 1.74 bits per heavy atom. The number of aromatic amines is 1. The number of carbonyl (C=O) groups excluding carboxylic acids is 1. The Morgan fingerprint density at radius 1 is 1.08 bits per heavy atom. The van der Waals surface area contributed by atoms with E-state index in [1.807, 2.05) is 53.1 Å². The summed E-state index contributed by atoms with van der Waals surface area (Å²) in [6.07, 6.45) is 1.43. The summed E-state index contributed by atoms with van der Waals surface area (Å²) in [6, 6.07) is 18.3. The van der Waals surface area contributed by atoms with E-state index in [2.05, 4.69) is 36.7 Å². The molecule has 196 valence electrons. The number of hydrogen-bond donors (Lipinski definition) is 2. The highest BCUT2D eigenvalue weighted by Crippen LogP contribution is 2.32. The molecular formula is C26H24BrN5O5S. The van der Waals surface area contributed by atoms with Gasteiger partial charge in [0.05, 0.1) is 44.0 Å². The van der Waals surface area contributed by atoms with Gasteiger partial charge in [-0.25, -0.2) is 5.43 Å². The number of benzene rings is 3. The average Bonchev–Trinajstić information content (AvgIpc) is 3.37. The van der Waals surface area contributed by atoms with E-state index in [4.69, 9.17) is 14.2 Å². The third-order valence-electron chi connectivity index (χ3n) is 5.35. The van der Waals surface area contributed by atoms with Gasteiger partial charge in [0.2, 0.25) is 0 Å². The van der Waals surface area contributed by atoms with Crippen molar-refractivity contribution < 1.29 is 28.7 Å². The number of nitrogens with zero attached hydrogens (tertiary/aromatic N) is 3. The lowest BCUT2D eigenvalue weighted by molar-refractivity contribution is -0.625. The van der Waals surface area contributed by atoms with Crippen LogP contribution in [0, 0.1) is 0 Å². The third-order valence-corrected chi connectivity index (χ3v) is 6.88. The minimum Gasteiger partial charge on any atom is -0.869 e. The molecule has 0 aliphatic carbocycles. The minimum atomic E-state index is -0.326. The van der Waals surface area contributed by atoms with E-state index in [9.17, 15) is 9.90 Å². The van der Waals surface area contributed by atoms with Crippen LogP contribution in [0.4, 0.5) is 0 Å². The fourth-order valence-electron chi connectivity index (χ4n) is 3.46. The molecule has 0 aliphatic heterocycles. The van der Waals surface area contributed by atoms with Crippen LogP contribution in [-0.2, 0) is 4.79 Å². The van der Waals surface area contributed by atoms with Crippen molar-refractivity contribution in [2.45, 2.75) is 5.16 Å². The van der Waals surface area contributed by atoms with Crippen molar-refractivity contribution >= 4 is 39.8 Å². The maximum absolute atomic E-state index is 12.5. The molecule has 1 amide bonds. The summed E-state index contributed by atoms with van der Waals surface area (Å²) in [5.74, 6) is 1.86. The first-order chi connectivity index (χ1) is 18.4. The van der Waals surface area contributed by atoms with Gasteiger partial charge < -0.3 is 19.3 Å². The summed E-state index contributed by atoms with van der Waals surface area (Å²) in [6.45, 7) is 0. The van der Waals surface area contributed by atoms with Crippen LogP contribution in [0.3, 0.4) is 0 Å². The summed E-state index contributed by atoms with van der Waals surface area (Å²) < 4.78 is 17.9. The predicted octanol–water partition coefficient (Wildman–Crippen LogP) is 3.46. The van der Waals surface area contributed by atoms with Crippen LogP contribution in [0.25, 0.3) is 17.1 Å². The Hall–Kier alpha value is -4.03. The quantitative estimate of drug-likeness (QED) is 0.124. The van der Waals surface area contributed by atoms with E-state index >= 15 is 0 Å². The lowest BCUT2D eigenvalue weighted by Gasteiger charge is -2.14. The van der Waals surface area contributed by atoms with Gasteiger partial charge in [0.25, 0.3) is 11.7 Å². The second-order valence-electron chi connectivity index (χ2n) is 7.73. The molecule has 0 saturated heterocycles. The van der Waals surface area contributed by atoms with Gasteiger partial charge in [-0.05, 0) is 78.0 Å². The van der Waals surface area contributed by atoms with Crippen molar-refractivity contribution in [3.05, 3.63) is 70.7 Å². The number of aromatic nitrogens is 3. The van der Waals surface area contributed by atoms with Crippen molar-refractivity contribution in [2.24, 2.45) is 5.10 Å². The number of methoxy groups -OCH3 is 3. The molecule has 1 heterocycles. The zero-order chi connectivity index (χ0) is 27.1. The van der Waals surface area contributed by atoms with Gasteiger partial charge in [-0.2, -0.15) is 9.67 Å². The highest BCUT2D eigenvalue weighted by atomic mass is 79.9. The fourth-order valence-corrected chi connectivity index (χ4v) is 4.68. The van der Waals surface area contributed by atoms with Gasteiger partial charge in [-0.1, -0.05) is 21.7 Å². The minimum absolute atomic E-state index is 0.0624. The first kappa shape index (κ1) is 27.0. The molecule has 0 bridgehead atoms. The Balaban J connectivity index is 1.51. The summed E-state index contributed by atoms with van der Waals surface area (Å²) >= 11 is 4.45. The number of halogens is 1. The molecule has 0 atom stereocenters. The van der Waals surface area contributed by atoms with Crippen LogP contribution >= 0.6 is 27.7 Å². The molecule has 2 N–H and O–H groups in total. The Morgan fingerprint density at radius 3 is 2.37 bits per heavy atom. The molecule has 0 aliphatic rings. The molecular weight excluding hydrogens is 574 g/mol. The molecule has 0 unspecified atom stereocenters. The van der Waals surface area contributed by atoms with E-state index in [-0.39, 0.29) is 23.2 Å². The van der Waals surface area contributed by atoms with Crippen molar-refractivity contribution in [1.29, 1.82) is 0 Å². The lowest BCUT2D eigenvalue weighted by Crippen LogP contribution is -2.34. The molecule has 1 aromatic heterocycles. The standard InChI is InChI=1S/C26H24BrN5O5S/c1-35-19-8-4-17(5-9-19)25-30-31-26(32(25)18-6-10-20(36-2)11-7-18)38-15-23(33)29-28-14-16-12-21(27)24(34)22(13-16)37-3/h4-14H,15H2,1-3H3,(H2,28,29,33,34). The van der Waals surface area contributed by atoms with Crippen molar-refractivity contribution in [3.8, 4) is 40.1 Å². The monoisotopic (exact) mass is 597 g/mol. The van der Waals surface area contributed by atoms with Crippen molar-refractivity contribution in [1.82, 2.24) is 15.6 Å². The van der Waals surface area contributed by atoms with Gasteiger partial charge in [0.1, 0.15) is 22.9 Å². The van der Waals surface area contributed by atoms with Crippen LogP contribution in [-0.4, -0.2) is 49.4 Å². The molecule has 3 aromatic carbocycles. The molecule has 0 fully saturated rings. The first-order valence-corrected chi connectivity index (χ1v) is 13.0. The normalized spacial score (nSPS) is 10.9. The third kappa shape index (κ3) is 6.26. The number of ether oxygens (including phenoxy) is 3. The maximum Gasteiger partial charge on any atom is 0.342 e. The molecule has 0 spiro atoms. The molecule has 10 nitrogen and oxygen atoms in total. The van der Waals surface area contributed by atoms with Crippen LogP contribution in [0.1, 0.15) is 5.56 Å². The maximum atomic E-state index is 12.5. The Labute approximate surface area is 231 Å². The zero-order valence-corrected chi connectivity index (χ0v) is 23.1. The highest BCUT2D eigenvalue weighted by Gasteiger charge is 2.24. The van der Waals surface area contributed by atoms with Crippen LogP contribution in [0.15, 0.2) is 75.4 Å². The van der Waals surface area contributed by atoms with Crippen molar-refractivity contribution in [2.75, 3.05) is 27.1 Å². The highest BCUT2D eigenvalue weighted by molar-refractivity contribution is 9.10. The lowest BCUT2D eigenvalue weighted by atomic mass is 10.2. The summed E-state index contributed by atoms with van der Waals surface area (Å²) in [7, 11) is 4.64. The van der Waals surface area contributed by atoms with Gasteiger partial charge in [-0.3, -0.25) is 4.79 Å². The average molecular weight is 598 g/mol. The number of hydrazone groups is 1. The van der Waals surface area contributed by atoms with E-state index in [1.165, 1.54) is 25.1 Å². The largest absolute Gasteiger partial charge is 0.869 e. The fraction of sp³-hybridized carbons (Fsp3) is 0.154. The second-order valence-corrected chi connectivity index (χ2v) is 9.53. The van der Waals surface area contributed by atoms with Gasteiger partial charge in [-0.15, -0.1) is 5.10 Å². The number of amides is 1. The number of carbonyl (C=O) groups is 1. The molecule has 4 rings (SSSR count). The van der Waals surface area contributed by atoms with Crippen molar-refractivity contribution in [3.63, 3.8) is 0 Å². The van der Waals surface area contributed by atoms with E-state index in [1.54, 1.807) is 26.4 Å². The van der Waals surface area contributed by atoms with Gasteiger partial charge in [0, 0.05) is 4.47 Å². The Kier molecular flexibility index (Phi) is 8.87. The molecule has 0 saturated carbocycles. The molecule has 12 heteroatoms. The SMILES string of the molecule is COc1ccc(-c2[nH]nc(SCC(=O)NN=Cc3cc(Br)c([O-])c(OC)c3)[n+]2-c2ccc(OC)cc2)cc1. The van der Waals surface area contributed by atoms with Gasteiger partial charge in [0.15, 0.2) is 0 Å². The molecule has 38 heavy (non-hydrogen) atoms. The van der Waals surface area contributed by atoms with Crippen LogP contribution < -0.4 is 29.3 Å². The zero-order valence-electron chi connectivity index (χ0n) is 20.7. The van der Waals surface area contributed by atoms with Gasteiger partial charge >= 0.3 is 5.16 Å². The predicted molar refractivity (Wildman–Crippen MR) is 145 cm³/mol. The first-order valence-electron chi connectivity index (χ1n) is 11.2. The van der Waals surface area contributed by atoms with E-state index in [0.29, 0.717) is 15.2 Å². The number of hydrogen-bond acceptors (Lipinski definition) is 8. The van der Waals surface area contributed by atoms with E-state index in [0.717, 1.165) is 28.6 Å². The summed E-state index contributed by atoms with van der Waals surface area (Å²) in [4.78, 5) is 12.5. The molecule has 0 radical (unpaired) electrons. The summed E-state index contributed by atoms with van der Waals surface area (Å²) in [5, 5.41) is 24.0. The van der Waals surface area contributed by atoms with Crippen LogP contribution in [0.5, 0.6) is 23.0 Å². The van der Waals surface area contributed by atoms with Crippen LogP contribution in [0.2, 0.25) is 0 Å². The Bertz CT molecular complexity index is 1440. The molecule has 4 aromatic rings. The van der Waals surface area contributed by atoms with E-state index < -0.39 is 0 Å².